The SMILES string of the molecule is COc1cc(C(=O)O)cc2sc(N3CCC4(CCC(OCc5c(-c6c(Cl)cccc6Cl)noc5C5CC5)CC4)C3)nc12. The number of benzene rings is 2. The quantitative estimate of drug-likeness (QED) is 0.209. The molecule has 0 amide bonds. The zero-order valence-corrected chi connectivity index (χ0v) is 25.5. The van der Waals surface area contributed by atoms with Crippen molar-refractivity contribution < 1.29 is 23.9 Å². The maximum atomic E-state index is 11.6. The summed E-state index contributed by atoms with van der Waals surface area (Å²) in [5, 5.41) is 15.9. The van der Waals surface area contributed by atoms with Crippen LogP contribution in [0.5, 0.6) is 5.75 Å². The fourth-order valence-corrected chi connectivity index (χ4v) is 8.15. The van der Waals surface area contributed by atoms with E-state index in [1.165, 1.54) is 11.3 Å². The number of anilines is 1. The van der Waals surface area contributed by atoms with Crippen molar-refractivity contribution in [2.75, 3.05) is 25.1 Å². The van der Waals surface area contributed by atoms with E-state index >= 15 is 0 Å². The summed E-state index contributed by atoms with van der Waals surface area (Å²) in [5.41, 5.74) is 3.53. The molecule has 42 heavy (non-hydrogen) atoms. The maximum Gasteiger partial charge on any atom is 0.335 e. The minimum atomic E-state index is -0.971. The second-order valence-corrected chi connectivity index (χ2v) is 13.6. The smallest absolute Gasteiger partial charge is 0.335 e. The molecule has 7 rings (SSSR count). The molecule has 3 heterocycles. The van der Waals surface area contributed by atoms with Crippen LogP contribution in [0.15, 0.2) is 34.9 Å². The number of carboxylic acid groups (broad SMARTS) is 1. The number of aromatic nitrogens is 2. The van der Waals surface area contributed by atoms with E-state index in [9.17, 15) is 9.90 Å². The van der Waals surface area contributed by atoms with Crippen LogP contribution in [0.2, 0.25) is 10.0 Å². The average molecular weight is 629 g/mol. The summed E-state index contributed by atoms with van der Waals surface area (Å²) in [6.45, 7) is 2.31. The predicted octanol–water partition coefficient (Wildman–Crippen LogP) is 8.20. The number of hydrogen-bond donors (Lipinski definition) is 1. The van der Waals surface area contributed by atoms with Gasteiger partial charge in [0.1, 0.15) is 22.7 Å². The van der Waals surface area contributed by atoms with Crippen molar-refractivity contribution in [2.24, 2.45) is 5.41 Å². The lowest BCUT2D eigenvalue weighted by Gasteiger charge is -2.37. The van der Waals surface area contributed by atoms with Crippen LogP contribution in [0.4, 0.5) is 5.13 Å². The van der Waals surface area contributed by atoms with Gasteiger partial charge >= 0.3 is 5.97 Å². The summed E-state index contributed by atoms with van der Waals surface area (Å²) >= 11 is 14.6. The molecule has 0 bridgehead atoms. The molecule has 0 unspecified atom stereocenters. The van der Waals surface area contributed by atoms with E-state index in [-0.39, 0.29) is 17.1 Å². The first-order chi connectivity index (χ1) is 20.3. The molecule has 2 aromatic heterocycles. The van der Waals surface area contributed by atoms with Gasteiger partial charge in [0.05, 0.1) is 40.1 Å². The van der Waals surface area contributed by atoms with Crippen LogP contribution in [0, 0.1) is 5.41 Å². The Bertz CT molecular complexity index is 1640. The standard InChI is InChI=1S/C31H31Cl2N3O5S/c1-39-23-13-18(29(37)38)14-24-27(23)34-30(42-24)36-12-11-31(16-36)9-7-19(8-10-31)40-15-20-26(35-41-28(20)17-5-6-17)25-21(32)3-2-4-22(25)33/h2-4,13-14,17,19H,5-12,15-16H2,1H3,(H,37,38). The van der Waals surface area contributed by atoms with Crippen LogP contribution in [-0.4, -0.2) is 47.5 Å². The van der Waals surface area contributed by atoms with Crippen LogP contribution in [0.3, 0.4) is 0 Å². The van der Waals surface area contributed by atoms with Gasteiger partial charge in [-0.15, -0.1) is 0 Å². The zero-order chi connectivity index (χ0) is 29.0. The Morgan fingerprint density at radius 2 is 1.93 bits per heavy atom. The molecular formula is C31H31Cl2N3O5S. The topological polar surface area (TPSA) is 97.9 Å². The van der Waals surface area contributed by atoms with Crippen LogP contribution in [0.1, 0.15) is 72.5 Å². The highest BCUT2D eigenvalue weighted by Gasteiger charge is 2.42. The molecule has 1 aliphatic heterocycles. The van der Waals surface area contributed by atoms with E-state index in [1.54, 1.807) is 19.2 Å². The molecule has 2 saturated carbocycles. The molecule has 2 aromatic carbocycles. The van der Waals surface area contributed by atoms with Gasteiger partial charge in [0.15, 0.2) is 5.13 Å². The first-order valence-corrected chi connectivity index (χ1v) is 15.9. The lowest BCUT2D eigenvalue weighted by molar-refractivity contribution is -0.00883. The molecule has 3 aliphatic rings. The highest BCUT2D eigenvalue weighted by atomic mass is 35.5. The third kappa shape index (κ3) is 5.14. The lowest BCUT2D eigenvalue weighted by atomic mass is 9.72. The highest BCUT2D eigenvalue weighted by molar-refractivity contribution is 7.22. The molecule has 8 nitrogen and oxygen atoms in total. The average Bonchev–Trinajstić information content (AvgIpc) is 3.40. The number of nitrogens with zero attached hydrogens (tertiary/aromatic N) is 3. The van der Waals surface area contributed by atoms with Crippen molar-refractivity contribution in [1.82, 2.24) is 10.1 Å². The highest BCUT2D eigenvalue weighted by Crippen LogP contribution is 2.49. The molecule has 4 aromatic rings. The molecule has 0 atom stereocenters. The first-order valence-electron chi connectivity index (χ1n) is 14.4. The lowest BCUT2D eigenvalue weighted by Crippen LogP contribution is -2.33. The number of carbonyl (C=O) groups is 1. The van der Waals surface area contributed by atoms with Crippen LogP contribution in [0.25, 0.3) is 21.5 Å². The fourth-order valence-electron chi connectivity index (χ4n) is 6.53. The Hall–Kier alpha value is -2.85. The largest absolute Gasteiger partial charge is 0.494 e. The van der Waals surface area contributed by atoms with Crippen LogP contribution < -0.4 is 9.64 Å². The molecule has 0 radical (unpaired) electrons. The molecule has 1 saturated heterocycles. The van der Waals surface area contributed by atoms with Gasteiger partial charge in [-0.05, 0) is 74.6 Å². The van der Waals surface area contributed by atoms with Crippen molar-refractivity contribution >= 4 is 55.9 Å². The van der Waals surface area contributed by atoms with Crippen molar-refractivity contribution in [3.8, 4) is 17.0 Å². The van der Waals surface area contributed by atoms with Crippen molar-refractivity contribution in [3.05, 3.63) is 57.3 Å². The van der Waals surface area contributed by atoms with Crippen molar-refractivity contribution in [1.29, 1.82) is 0 Å². The van der Waals surface area contributed by atoms with Crippen LogP contribution >= 0.6 is 34.5 Å². The molecule has 3 fully saturated rings. The van der Waals surface area contributed by atoms with Gasteiger partial charge in [-0.25, -0.2) is 9.78 Å². The van der Waals surface area contributed by atoms with Gasteiger partial charge in [0.25, 0.3) is 0 Å². The second-order valence-electron chi connectivity index (χ2n) is 11.8. The number of thiazole rings is 1. The van der Waals surface area contributed by atoms with Crippen LogP contribution in [-0.2, 0) is 11.3 Å². The van der Waals surface area contributed by atoms with E-state index in [0.29, 0.717) is 39.6 Å². The number of halogens is 2. The minimum Gasteiger partial charge on any atom is -0.494 e. The first kappa shape index (κ1) is 28.0. The van der Waals surface area contributed by atoms with E-state index in [2.05, 4.69) is 10.1 Å². The number of carboxylic acids is 1. The molecule has 220 valence electrons. The Morgan fingerprint density at radius 3 is 2.62 bits per heavy atom. The molecule has 1 N–H and O–H groups in total. The molecule has 2 aliphatic carbocycles. The summed E-state index contributed by atoms with van der Waals surface area (Å²) in [5.74, 6) is 0.823. The number of ether oxygens (including phenoxy) is 2. The van der Waals surface area contributed by atoms with Gasteiger partial charge in [0, 0.05) is 30.1 Å². The molecular weight excluding hydrogens is 597 g/mol. The van der Waals surface area contributed by atoms with Gasteiger partial charge in [-0.1, -0.05) is 45.8 Å². The van der Waals surface area contributed by atoms with E-state index < -0.39 is 5.97 Å². The van der Waals surface area contributed by atoms with E-state index in [4.69, 9.17) is 42.2 Å². The summed E-state index contributed by atoms with van der Waals surface area (Å²) in [4.78, 5) is 18.8. The van der Waals surface area contributed by atoms with E-state index in [1.807, 2.05) is 18.2 Å². The number of fused-ring (bicyclic) bond motifs is 1. The Labute approximate surface area is 257 Å². The third-order valence-corrected chi connectivity index (χ3v) is 10.7. The van der Waals surface area contributed by atoms with Gasteiger partial charge in [0.2, 0.25) is 0 Å². The molecule has 1 spiro atoms. The Kier molecular flexibility index (Phi) is 7.33. The predicted molar refractivity (Wildman–Crippen MR) is 163 cm³/mol. The number of methoxy groups -OCH3 is 1. The monoisotopic (exact) mass is 627 g/mol. The van der Waals surface area contributed by atoms with E-state index in [0.717, 1.165) is 84.7 Å². The fraction of sp³-hybridized carbons (Fsp3) is 0.452. The van der Waals surface area contributed by atoms with Gasteiger partial charge in [-0.3, -0.25) is 0 Å². The molecule has 11 heteroatoms. The second kappa shape index (κ2) is 11.0. The minimum absolute atomic E-state index is 0.169. The number of rotatable bonds is 8. The number of aromatic carboxylic acids is 1. The Balaban J connectivity index is 1.02. The normalized spacial score (nSPS) is 22.4. The van der Waals surface area contributed by atoms with Gasteiger partial charge < -0.3 is 24.0 Å². The van der Waals surface area contributed by atoms with Crippen molar-refractivity contribution in [3.63, 3.8) is 0 Å². The number of hydrogen-bond acceptors (Lipinski definition) is 8. The zero-order valence-electron chi connectivity index (χ0n) is 23.2. The summed E-state index contributed by atoms with van der Waals surface area (Å²) in [6.07, 6.45) is 7.65. The van der Waals surface area contributed by atoms with Crippen molar-refractivity contribution in [2.45, 2.75) is 63.6 Å². The van der Waals surface area contributed by atoms with Gasteiger partial charge in [-0.2, -0.15) is 0 Å². The summed E-state index contributed by atoms with van der Waals surface area (Å²) in [6, 6.07) is 8.70. The third-order valence-electron chi connectivity index (χ3n) is 9.05. The Morgan fingerprint density at radius 1 is 1.17 bits per heavy atom. The summed E-state index contributed by atoms with van der Waals surface area (Å²) < 4.78 is 18.6. The summed E-state index contributed by atoms with van der Waals surface area (Å²) in [7, 11) is 1.55. The maximum absolute atomic E-state index is 11.6.